The molecule has 2 aromatic carbocycles. The van der Waals surface area contributed by atoms with E-state index in [0.29, 0.717) is 18.7 Å². The Morgan fingerprint density at radius 3 is 2.55 bits per heavy atom. The number of carbonyl (C=O) groups is 1. The Morgan fingerprint density at radius 1 is 1.19 bits per heavy atom. The van der Waals surface area contributed by atoms with Gasteiger partial charge in [0.1, 0.15) is 5.82 Å². The van der Waals surface area contributed by atoms with Crippen molar-refractivity contribution >= 4 is 35.1 Å². The molecule has 2 unspecified atom stereocenters. The number of amides is 1. The Labute approximate surface area is 193 Å². The first kappa shape index (κ1) is 22.4. The fraction of sp³-hybridized carbons (Fsp3) is 0.458. The number of fused-ring (bicyclic) bond motifs is 2. The van der Waals surface area contributed by atoms with Gasteiger partial charge < -0.3 is 9.80 Å². The molecule has 2 saturated heterocycles. The van der Waals surface area contributed by atoms with E-state index in [1.54, 1.807) is 11.9 Å². The maximum Gasteiger partial charge on any atom is 0.255 e. The second-order valence-electron chi connectivity index (χ2n) is 8.52. The smallest absolute Gasteiger partial charge is 0.255 e. The Hall–Kier alpha value is -1.76. The molecule has 2 atom stereocenters. The van der Waals surface area contributed by atoms with Gasteiger partial charge in [0, 0.05) is 42.3 Å². The van der Waals surface area contributed by atoms with Gasteiger partial charge in [-0.3, -0.25) is 4.79 Å². The minimum absolute atomic E-state index is 0.108. The van der Waals surface area contributed by atoms with Crippen molar-refractivity contribution in [2.75, 3.05) is 31.6 Å². The van der Waals surface area contributed by atoms with Crippen LogP contribution in [0.5, 0.6) is 0 Å². The number of hydrogen-bond acceptors (Lipinski definition) is 4. The summed E-state index contributed by atoms with van der Waals surface area (Å²) in [6, 6.07) is 11.3. The molecule has 0 aromatic heterocycles. The van der Waals surface area contributed by atoms with Gasteiger partial charge in [-0.2, -0.15) is 0 Å². The summed E-state index contributed by atoms with van der Waals surface area (Å²) in [7, 11) is 2.13. The quantitative estimate of drug-likeness (QED) is 0.521. The summed E-state index contributed by atoms with van der Waals surface area (Å²) in [6.45, 7) is 6.72. The molecule has 7 heteroatoms. The van der Waals surface area contributed by atoms with E-state index in [9.17, 15) is 9.18 Å². The summed E-state index contributed by atoms with van der Waals surface area (Å²) in [4.78, 5) is 18.7. The van der Waals surface area contributed by atoms with Crippen molar-refractivity contribution in [2.24, 2.45) is 0 Å². The molecule has 4 rings (SSSR count). The number of piperazine rings is 1. The van der Waals surface area contributed by atoms with Crippen LogP contribution in [-0.2, 0) is 0 Å². The van der Waals surface area contributed by atoms with Crippen molar-refractivity contribution in [1.82, 2.24) is 9.21 Å². The van der Waals surface area contributed by atoms with Crippen LogP contribution in [0, 0.1) is 12.7 Å². The van der Waals surface area contributed by atoms with E-state index in [1.165, 1.54) is 34.3 Å². The van der Waals surface area contributed by atoms with E-state index < -0.39 is 5.82 Å². The Balaban J connectivity index is 1.53. The van der Waals surface area contributed by atoms with Crippen LogP contribution in [0.2, 0.25) is 5.02 Å². The predicted octanol–water partition coefficient (Wildman–Crippen LogP) is 5.63. The number of benzene rings is 2. The lowest BCUT2D eigenvalue weighted by Crippen LogP contribution is -2.55. The molecule has 2 heterocycles. The molecule has 0 saturated carbocycles. The van der Waals surface area contributed by atoms with Crippen molar-refractivity contribution in [2.45, 2.75) is 50.1 Å². The van der Waals surface area contributed by atoms with E-state index in [1.807, 2.05) is 4.90 Å². The zero-order valence-electron chi connectivity index (χ0n) is 18.3. The maximum atomic E-state index is 13.4. The molecular weight excluding hydrogens is 433 g/mol. The number of carbonyl (C=O) groups excluding carboxylic acids is 1. The predicted molar refractivity (Wildman–Crippen MR) is 127 cm³/mol. The number of hydrogen-bond donors (Lipinski definition) is 0. The average Bonchev–Trinajstić information content (AvgIpc) is 2.98. The van der Waals surface area contributed by atoms with Gasteiger partial charge in [0.25, 0.3) is 5.91 Å². The molecule has 2 fully saturated rings. The SMILES string of the molecule is CCCN(C)Sc1ccc(C)c(N2C3CCC2CN(C(=O)c2ccc(F)cc2Cl)C3)c1. The second kappa shape index (κ2) is 9.39. The third-order valence-electron chi connectivity index (χ3n) is 6.19. The molecule has 1 amide bonds. The van der Waals surface area contributed by atoms with Crippen molar-refractivity contribution in [1.29, 1.82) is 0 Å². The lowest BCUT2D eigenvalue weighted by atomic mass is 10.1. The van der Waals surface area contributed by atoms with Gasteiger partial charge in [0.05, 0.1) is 10.6 Å². The van der Waals surface area contributed by atoms with Crippen LogP contribution in [0.4, 0.5) is 10.1 Å². The van der Waals surface area contributed by atoms with Gasteiger partial charge in [-0.1, -0.05) is 24.6 Å². The minimum atomic E-state index is -0.427. The van der Waals surface area contributed by atoms with Crippen LogP contribution in [0.25, 0.3) is 0 Å². The van der Waals surface area contributed by atoms with Gasteiger partial charge in [-0.15, -0.1) is 0 Å². The van der Waals surface area contributed by atoms with E-state index in [4.69, 9.17) is 11.6 Å². The molecule has 2 aliphatic rings. The monoisotopic (exact) mass is 461 g/mol. The summed E-state index contributed by atoms with van der Waals surface area (Å²) in [5.41, 5.74) is 2.92. The lowest BCUT2D eigenvalue weighted by Gasteiger charge is -2.43. The highest BCUT2D eigenvalue weighted by molar-refractivity contribution is 7.97. The molecule has 4 nitrogen and oxygen atoms in total. The molecule has 31 heavy (non-hydrogen) atoms. The first-order valence-corrected chi connectivity index (χ1v) is 12.0. The third-order valence-corrected chi connectivity index (χ3v) is 7.46. The summed E-state index contributed by atoms with van der Waals surface area (Å²) < 4.78 is 15.7. The van der Waals surface area contributed by atoms with Crippen molar-refractivity contribution in [3.63, 3.8) is 0 Å². The Kier molecular flexibility index (Phi) is 6.80. The van der Waals surface area contributed by atoms with Gasteiger partial charge in [0.2, 0.25) is 0 Å². The van der Waals surface area contributed by atoms with Gasteiger partial charge in [0.15, 0.2) is 0 Å². The number of aryl methyl sites for hydroxylation is 1. The fourth-order valence-corrected chi connectivity index (χ4v) is 5.94. The van der Waals surface area contributed by atoms with Crippen LogP contribution < -0.4 is 4.90 Å². The van der Waals surface area contributed by atoms with Crippen molar-refractivity contribution in [3.8, 4) is 0 Å². The number of rotatable bonds is 6. The Bertz CT molecular complexity index is 958. The van der Waals surface area contributed by atoms with Gasteiger partial charge in [-0.25, -0.2) is 8.70 Å². The van der Waals surface area contributed by atoms with Crippen LogP contribution in [-0.4, -0.2) is 53.9 Å². The molecular formula is C24H29ClFN3OS. The molecule has 0 radical (unpaired) electrons. The lowest BCUT2D eigenvalue weighted by molar-refractivity contribution is 0.0718. The average molecular weight is 462 g/mol. The largest absolute Gasteiger partial charge is 0.362 e. The number of likely N-dealkylation sites (tertiary alicyclic amines) is 1. The number of anilines is 1. The van der Waals surface area contributed by atoms with Crippen LogP contribution in [0.1, 0.15) is 42.1 Å². The summed E-state index contributed by atoms with van der Waals surface area (Å²) in [5.74, 6) is -0.534. The van der Waals surface area contributed by atoms with Crippen molar-refractivity contribution in [3.05, 3.63) is 58.4 Å². The summed E-state index contributed by atoms with van der Waals surface area (Å²) in [5, 5.41) is 0.177. The highest BCUT2D eigenvalue weighted by atomic mass is 35.5. The first-order chi connectivity index (χ1) is 14.9. The normalized spacial score (nSPS) is 20.6. The topological polar surface area (TPSA) is 26.8 Å². The van der Waals surface area contributed by atoms with Crippen molar-refractivity contribution < 1.29 is 9.18 Å². The molecule has 166 valence electrons. The summed E-state index contributed by atoms with van der Waals surface area (Å²) >= 11 is 7.93. The molecule has 2 bridgehead atoms. The van der Waals surface area contributed by atoms with E-state index in [2.05, 4.69) is 48.3 Å². The van der Waals surface area contributed by atoms with Gasteiger partial charge in [-0.05, 0) is 81.1 Å². The zero-order valence-corrected chi connectivity index (χ0v) is 19.8. The molecule has 0 N–H and O–H groups in total. The number of nitrogens with zero attached hydrogens (tertiary/aromatic N) is 3. The molecule has 2 aromatic rings. The third kappa shape index (κ3) is 4.71. The zero-order chi connectivity index (χ0) is 22.1. The highest BCUT2D eigenvalue weighted by Crippen LogP contribution is 2.39. The van der Waals surface area contributed by atoms with Crippen LogP contribution in [0.3, 0.4) is 0 Å². The summed E-state index contributed by atoms with van der Waals surface area (Å²) in [6.07, 6.45) is 3.26. The first-order valence-electron chi connectivity index (χ1n) is 10.9. The van der Waals surface area contributed by atoms with E-state index in [0.717, 1.165) is 25.8 Å². The highest BCUT2D eigenvalue weighted by Gasteiger charge is 2.42. The van der Waals surface area contributed by atoms with E-state index >= 15 is 0 Å². The van der Waals surface area contributed by atoms with Crippen LogP contribution in [0.15, 0.2) is 41.3 Å². The number of halogens is 2. The standard InChI is InChI=1S/C24H29ClFN3OS/c1-4-11-27(3)31-20-9-5-16(2)23(13-20)29-18-7-8-19(29)15-28(14-18)24(30)21-10-6-17(26)12-22(21)25/h5-6,9-10,12-13,18-19H,4,7-8,11,14-15H2,1-3H3. The van der Waals surface area contributed by atoms with E-state index in [-0.39, 0.29) is 23.0 Å². The maximum absolute atomic E-state index is 13.4. The minimum Gasteiger partial charge on any atom is -0.362 e. The molecule has 2 aliphatic heterocycles. The second-order valence-corrected chi connectivity index (χ2v) is 10.2. The Morgan fingerprint density at radius 2 is 1.90 bits per heavy atom. The fourth-order valence-electron chi connectivity index (χ4n) is 4.76. The van der Waals surface area contributed by atoms with Gasteiger partial charge >= 0.3 is 0 Å². The molecule has 0 aliphatic carbocycles. The van der Waals surface area contributed by atoms with Crippen LogP contribution >= 0.6 is 23.5 Å². The molecule has 0 spiro atoms.